The van der Waals surface area contributed by atoms with Crippen molar-refractivity contribution < 1.29 is 13.9 Å². The van der Waals surface area contributed by atoms with E-state index in [1.165, 1.54) is 6.26 Å². The zero-order valence-electron chi connectivity index (χ0n) is 17.8. The Morgan fingerprint density at radius 3 is 2.70 bits per heavy atom. The highest BCUT2D eigenvalue weighted by Crippen LogP contribution is 2.16. The van der Waals surface area contributed by atoms with E-state index >= 15 is 0 Å². The molecule has 0 radical (unpaired) electrons. The Balaban J connectivity index is 1.61. The van der Waals surface area contributed by atoms with Gasteiger partial charge in [-0.1, -0.05) is 19.4 Å². The Bertz CT molecular complexity index is 814. The van der Waals surface area contributed by atoms with E-state index in [4.69, 9.17) is 14.1 Å². The van der Waals surface area contributed by atoms with Crippen LogP contribution in [0.4, 0.5) is 0 Å². The van der Waals surface area contributed by atoms with Crippen molar-refractivity contribution in [2.75, 3.05) is 39.3 Å². The number of carbonyl (C=O) groups excluding carboxylic acids is 1. The Labute approximate surface area is 177 Å². The lowest BCUT2D eigenvalue weighted by atomic mass is 10.2. The van der Waals surface area contributed by atoms with Crippen LogP contribution < -0.4 is 10.1 Å². The summed E-state index contributed by atoms with van der Waals surface area (Å²) in [6, 6.07) is 7.34. The third-order valence-electron chi connectivity index (χ3n) is 4.92. The standard InChI is InChI=1S/C22H31N5O3/c1-3-5-15-30-20-18(8-6-10-24-20)17-25-22(23-4-2)27-13-11-26(12-14-27)21(28)19-9-7-16-29-19/h6-10,16H,3-5,11-15,17H2,1-2H3,(H,23,25). The highest BCUT2D eigenvalue weighted by molar-refractivity contribution is 5.91. The number of carbonyl (C=O) groups is 1. The van der Waals surface area contributed by atoms with E-state index in [1.54, 1.807) is 18.3 Å². The number of furan rings is 1. The molecule has 1 aliphatic heterocycles. The third kappa shape index (κ3) is 5.75. The van der Waals surface area contributed by atoms with Crippen molar-refractivity contribution in [1.29, 1.82) is 0 Å². The second-order valence-electron chi connectivity index (χ2n) is 7.10. The van der Waals surface area contributed by atoms with Gasteiger partial charge in [-0.15, -0.1) is 0 Å². The molecule has 0 aromatic carbocycles. The number of amides is 1. The molecule has 2 aromatic heterocycles. The number of guanidine groups is 1. The summed E-state index contributed by atoms with van der Waals surface area (Å²) in [5.41, 5.74) is 0.968. The molecule has 0 saturated carbocycles. The molecule has 162 valence electrons. The average Bonchev–Trinajstić information content (AvgIpc) is 3.32. The number of piperazine rings is 1. The highest BCUT2D eigenvalue weighted by atomic mass is 16.5. The molecule has 0 atom stereocenters. The fraction of sp³-hybridized carbons (Fsp3) is 0.500. The minimum absolute atomic E-state index is 0.0641. The van der Waals surface area contributed by atoms with Gasteiger partial charge in [-0.25, -0.2) is 9.98 Å². The zero-order valence-corrected chi connectivity index (χ0v) is 17.8. The number of pyridine rings is 1. The van der Waals surface area contributed by atoms with Crippen LogP contribution in [-0.2, 0) is 6.54 Å². The molecular weight excluding hydrogens is 382 g/mol. The number of hydrogen-bond acceptors (Lipinski definition) is 5. The van der Waals surface area contributed by atoms with Gasteiger partial charge in [0, 0.05) is 44.5 Å². The smallest absolute Gasteiger partial charge is 0.289 e. The number of nitrogens with zero attached hydrogens (tertiary/aromatic N) is 4. The fourth-order valence-electron chi connectivity index (χ4n) is 3.25. The molecule has 1 N–H and O–H groups in total. The van der Waals surface area contributed by atoms with Crippen LogP contribution in [0.1, 0.15) is 42.8 Å². The summed E-state index contributed by atoms with van der Waals surface area (Å²) in [7, 11) is 0. The molecule has 1 aliphatic rings. The Hall–Kier alpha value is -3.03. The Morgan fingerprint density at radius 2 is 2.00 bits per heavy atom. The van der Waals surface area contributed by atoms with Gasteiger partial charge in [0.15, 0.2) is 11.7 Å². The first-order valence-electron chi connectivity index (χ1n) is 10.7. The maximum atomic E-state index is 12.5. The van der Waals surface area contributed by atoms with Gasteiger partial charge < -0.3 is 24.3 Å². The molecule has 3 heterocycles. The summed E-state index contributed by atoms with van der Waals surface area (Å²) in [5.74, 6) is 1.81. The molecule has 30 heavy (non-hydrogen) atoms. The number of rotatable bonds is 8. The van der Waals surface area contributed by atoms with Crippen molar-refractivity contribution in [3.8, 4) is 5.88 Å². The first kappa shape index (κ1) is 21.7. The van der Waals surface area contributed by atoms with E-state index in [2.05, 4.69) is 29.0 Å². The number of aliphatic imine (C=N–C) groups is 1. The van der Waals surface area contributed by atoms with Crippen LogP contribution in [0.2, 0.25) is 0 Å². The molecule has 0 spiro atoms. The molecule has 2 aromatic rings. The molecule has 1 fully saturated rings. The molecule has 8 heteroatoms. The maximum Gasteiger partial charge on any atom is 0.289 e. The molecular formula is C22H31N5O3. The first-order valence-corrected chi connectivity index (χ1v) is 10.7. The van der Waals surface area contributed by atoms with Gasteiger partial charge >= 0.3 is 0 Å². The van der Waals surface area contributed by atoms with Gasteiger partial charge in [-0.05, 0) is 31.5 Å². The van der Waals surface area contributed by atoms with Crippen LogP contribution >= 0.6 is 0 Å². The van der Waals surface area contributed by atoms with Crippen LogP contribution in [0, 0.1) is 0 Å². The van der Waals surface area contributed by atoms with Crippen LogP contribution in [0.25, 0.3) is 0 Å². The van der Waals surface area contributed by atoms with Crippen LogP contribution in [0.3, 0.4) is 0 Å². The predicted octanol–water partition coefficient (Wildman–Crippen LogP) is 2.78. The van der Waals surface area contributed by atoms with Gasteiger partial charge in [-0.2, -0.15) is 0 Å². The summed E-state index contributed by atoms with van der Waals surface area (Å²) < 4.78 is 11.1. The Kier molecular flexibility index (Phi) is 8.11. The summed E-state index contributed by atoms with van der Waals surface area (Å²) >= 11 is 0. The molecule has 0 unspecified atom stereocenters. The van der Waals surface area contributed by atoms with E-state index in [9.17, 15) is 4.79 Å². The largest absolute Gasteiger partial charge is 0.477 e. The third-order valence-corrected chi connectivity index (χ3v) is 4.92. The zero-order chi connectivity index (χ0) is 21.2. The molecule has 3 rings (SSSR count). The molecule has 0 aliphatic carbocycles. The number of nitrogens with one attached hydrogen (secondary N) is 1. The number of unbranched alkanes of at least 4 members (excludes halogenated alkanes) is 1. The van der Waals surface area contributed by atoms with Crippen molar-refractivity contribution in [2.45, 2.75) is 33.2 Å². The highest BCUT2D eigenvalue weighted by Gasteiger charge is 2.25. The van der Waals surface area contributed by atoms with Crippen molar-refractivity contribution in [3.63, 3.8) is 0 Å². The second kappa shape index (κ2) is 11.2. The minimum atomic E-state index is -0.0641. The average molecular weight is 414 g/mol. The molecule has 0 bridgehead atoms. The first-order chi connectivity index (χ1) is 14.7. The molecule has 8 nitrogen and oxygen atoms in total. The lowest BCUT2D eigenvalue weighted by molar-refractivity contribution is 0.0657. The van der Waals surface area contributed by atoms with Crippen LogP contribution in [0.15, 0.2) is 46.1 Å². The maximum absolute atomic E-state index is 12.5. The van der Waals surface area contributed by atoms with Crippen molar-refractivity contribution in [3.05, 3.63) is 48.0 Å². The van der Waals surface area contributed by atoms with Crippen molar-refractivity contribution >= 4 is 11.9 Å². The second-order valence-corrected chi connectivity index (χ2v) is 7.10. The van der Waals surface area contributed by atoms with E-state index in [-0.39, 0.29) is 5.91 Å². The van der Waals surface area contributed by atoms with Gasteiger partial charge in [0.1, 0.15) is 0 Å². The lowest BCUT2D eigenvalue weighted by Crippen LogP contribution is -2.53. The summed E-state index contributed by atoms with van der Waals surface area (Å²) in [4.78, 5) is 25.6. The SMILES string of the molecule is CCCCOc1ncccc1CN=C(NCC)N1CCN(C(=O)c2ccco2)CC1. The van der Waals surface area contributed by atoms with Gasteiger partial charge in [0.2, 0.25) is 5.88 Å². The number of ether oxygens (including phenoxy) is 1. The topological polar surface area (TPSA) is 83.2 Å². The predicted molar refractivity (Wildman–Crippen MR) is 116 cm³/mol. The quantitative estimate of drug-likeness (QED) is 0.407. The van der Waals surface area contributed by atoms with Gasteiger partial charge in [-0.3, -0.25) is 4.79 Å². The number of hydrogen-bond donors (Lipinski definition) is 1. The van der Waals surface area contributed by atoms with E-state index < -0.39 is 0 Å². The minimum Gasteiger partial charge on any atom is -0.477 e. The fourth-order valence-corrected chi connectivity index (χ4v) is 3.25. The summed E-state index contributed by atoms with van der Waals surface area (Å²) in [6.45, 7) is 8.80. The van der Waals surface area contributed by atoms with Gasteiger partial charge in [0.25, 0.3) is 5.91 Å². The Morgan fingerprint density at radius 1 is 1.20 bits per heavy atom. The molecule has 1 amide bonds. The summed E-state index contributed by atoms with van der Waals surface area (Å²) in [6.07, 6.45) is 5.36. The monoisotopic (exact) mass is 413 g/mol. The van der Waals surface area contributed by atoms with Gasteiger partial charge in [0.05, 0.1) is 19.4 Å². The van der Waals surface area contributed by atoms with Crippen molar-refractivity contribution in [2.24, 2.45) is 4.99 Å². The summed E-state index contributed by atoms with van der Waals surface area (Å²) in [5, 5.41) is 3.36. The van der Waals surface area contributed by atoms with Crippen LogP contribution in [-0.4, -0.2) is 66.0 Å². The van der Waals surface area contributed by atoms with Crippen LogP contribution in [0.5, 0.6) is 5.88 Å². The van der Waals surface area contributed by atoms with E-state index in [0.717, 1.165) is 30.9 Å². The van der Waals surface area contributed by atoms with E-state index in [0.29, 0.717) is 51.0 Å². The van der Waals surface area contributed by atoms with Crippen molar-refractivity contribution in [1.82, 2.24) is 20.1 Å². The number of aromatic nitrogens is 1. The lowest BCUT2D eigenvalue weighted by Gasteiger charge is -2.36. The molecule has 1 saturated heterocycles. The van der Waals surface area contributed by atoms with E-state index in [1.807, 2.05) is 17.0 Å². The normalized spacial score (nSPS) is 14.7.